The Bertz CT molecular complexity index is 1390. The van der Waals surface area contributed by atoms with Crippen molar-refractivity contribution < 1.29 is 19.0 Å². The topological polar surface area (TPSA) is 99.9 Å². The Morgan fingerprint density at radius 2 is 1.70 bits per heavy atom. The van der Waals surface area contributed by atoms with Crippen molar-refractivity contribution in [2.45, 2.75) is 5.16 Å². The fourth-order valence-electron chi connectivity index (χ4n) is 3.52. The second kappa shape index (κ2) is 12.3. The minimum absolute atomic E-state index is 0.0704. The van der Waals surface area contributed by atoms with Crippen molar-refractivity contribution in [1.29, 1.82) is 0 Å². The summed E-state index contributed by atoms with van der Waals surface area (Å²) in [6, 6.07) is 20.5. The molecule has 0 saturated carbocycles. The van der Waals surface area contributed by atoms with Gasteiger partial charge in [0, 0.05) is 21.8 Å². The van der Waals surface area contributed by atoms with Crippen molar-refractivity contribution in [2.24, 2.45) is 5.10 Å². The number of amides is 1. The largest absolute Gasteiger partial charge is 0.493 e. The number of thioether (sulfide) groups is 1. The summed E-state index contributed by atoms with van der Waals surface area (Å²) in [5.41, 5.74) is 4.87. The quantitative estimate of drug-likeness (QED) is 0.175. The Labute approximate surface area is 223 Å². The lowest BCUT2D eigenvalue weighted by atomic mass is 10.2. The summed E-state index contributed by atoms with van der Waals surface area (Å²) in [4.78, 5) is 12.6. The highest BCUT2D eigenvalue weighted by Gasteiger charge is 2.18. The van der Waals surface area contributed by atoms with Crippen LogP contribution in [-0.4, -0.2) is 54.0 Å². The lowest BCUT2D eigenvalue weighted by molar-refractivity contribution is -0.118. The van der Waals surface area contributed by atoms with Gasteiger partial charge in [0.2, 0.25) is 5.75 Å². The number of methoxy groups -OCH3 is 3. The molecule has 1 amide bonds. The molecule has 4 rings (SSSR count). The molecule has 9 nitrogen and oxygen atoms in total. The minimum atomic E-state index is -0.312. The number of carbonyl (C=O) groups is 1. The molecule has 0 unspecified atom stereocenters. The van der Waals surface area contributed by atoms with Crippen LogP contribution in [0.5, 0.6) is 17.2 Å². The molecule has 0 aliphatic carbocycles. The molecule has 0 aliphatic heterocycles. The molecule has 4 aromatic rings. The molecule has 1 heterocycles. The van der Waals surface area contributed by atoms with Crippen molar-refractivity contribution in [1.82, 2.24) is 20.2 Å². The fraction of sp³-hybridized carbons (Fsp3) is 0.154. The second-order valence-corrected chi connectivity index (χ2v) is 8.87. The molecular formula is C26H24ClN5O4S. The molecule has 37 heavy (non-hydrogen) atoms. The third-order valence-electron chi connectivity index (χ3n) is 5.21. The number of hydrogen-bond donors (Lipinski definition) is 1. The van der Waals surface area contributed by atoms with Gasteiger partial charge in [0.05, 0.1) is 33.3 Å². The van der Waals surface area contributed by atoms with Gasteiger partial charge in [-0.25, -0.2) is 5.43 Å². The summed E-state index contributed by atoms with van der Waals surface area (Å²) >= 11 is 7.33. The van der Waals surface area contributed by atoms with Gasteiger partial charge in [-0.15, -0.1) is 10.2 Å². The fourth-order valence-corrected chi connectivity index (χ4v) is 4.39. The average Bonchev–Trinajstić information content (AvgIpc) is 3.36. The molecule has 0 radical (unpaired) electrons. The van der Waals surface area contributed by atoms with Gasteiger partial charge in [0.25, 0.3) is 5.91 Å². The maximum Gasteiger partial charge on any atom is 0.250 e. The van der Waals surface area contributed by atoms with Gasteiger partial charge in [-0.1, -0.05) is 53.7 Å². The normalized spacial score (nSPS) is 10.9. The van der Waals surface area contributed by atoms with Crippen LogP contribution >= 0.6 is 23.4 Å². The van der Waals surface area contributed by atoms with Gasteiger partial charge >= 0.3 is 0 Å². The molecule has 0 spiro atoms. The summed E-state index contributed by atoms with van der Waals surface area (Å²) in [6.07, 6.45) is 1.48. The first-order chi connectivity index (χ1) is 18.0. The number of rotatable bonds is 10. The van der Waals surface area contributed by atoms with Crippen molar-refractivity contribution >= 4 is 35.5 Å². The number of hydrazone groups is 1. The number of nitrogens with zero attached hydrogens (tertiary/aromatic N) is 4. The van der Waals surface area contributed by atoms with Crippen molar-refractivity contribution in [3.8, 4) is 34.3 Å². The van der Waals surface area contributed by atoms with Crippen LogP contribution in [0.4, 0.5) is 0 Å². The standard InChI is InChI=1S/C26H24ClN5O4S/c1-34-21-14-9-18(23(35-2)24(21)36-3)15-28-29-22(33)16-37-26-31-30-25(17-7-5-4-6-8-17)32(26)20-12-10-19(27)11-13-20/h4-15H,16H2,1-3H3,(H,29,33)/b28-15+. The van der Waals surface area contributed by atoms with Crippen molar-refractivity contribution in [2.75, 3.05) is 27.1 Å². The molecule has 0 fully saturated rings. The maximum atomic E-state index is 12.6. The van der Waals surface area contributed by atoms with Crippen LogP contribution in [0.2, 0.25) is 5.02 Å². The molecule has 1 aromatic heterocycles. The van der Waals surface area contributed by atoms with E-state index in [0.717, 1.165) is 11.3 Å². The van der Waals surface area contributed by atoms with E-state index in [4.69, 9.17) is 25.8 Å². The number of ether oxygens (including phenoxy) is 3. The van der Waals surface area contributed by atoms with Crippen LogP contribution < -0.4 is 19.6 Å². The summed E-state index contributed by atoms with van der Waals surface area (Å²) in [5.74, 6) is 1.82. The van der Waals surface area contributed by atoms with Crippen LogP contribution in [0.15, 0.2) is 77.0 Å². The Morgan fingerprint density at radius 1 is 0.973 bits per heavy atom. The van der Waals surface area contributed by atoms with Crippen LogP contribution in [0.1, 0.15) is 5.56 Å². The monoisotopic (exact) mass is 537 g/mol. The Morgan fingerprint density at radius 3 is 2.38 bits per heavy atom. The van der Waals surface area contributed by atoms with E-state index in [1.54, 1.807) is 31.4 Å². The van der Waals surface area contributed by atoms with Crippen LogP contribution in [-0.2, 0) is 4.79 Å². The van der Waals surface area contributed by atoms with E-state index in [2.05, 4.69) is 20.7 Å². The van der Waals surface area contributed by atoms with Gasteiger partial charge < -0.3 is 14.2 Å². The molecule has 0 aliphatic rings. The smallest absolute Gasteiger partial charge is 0.250 e. The molecular weight excluding hydrogens is 514 g/mol. The lowest BCUT2D eigenvalue weighted by Gasteiger charge is -2.13. The first-order valence-corrected chi connectivity index (χ1v) is 12.4. The van der Waals surface area contributed by atoms with E-state index < -0.39 is 0 Å². The predicted octanol–water partition coefficient (Wildman–Crippen LogP) is 4.86. The van der Waals surface area contributed by atoms with Crippen molar-refractivity contribution in [3.05, 3.63) is 77.3 Å². The Hall–Kier alpha value is -4.02. The van der Waals surface area contributed by atoms with E-state index in [0.29, 0.717) is 38.8 Å². The Kier molecular flexibility index (Phi) is 8.65. The van der Waals surface area contributed by atoms with Gasteiger partial charge in [-0.2, -0.15) is 5.10 Å². The van der Waals surface area contributed by atoms with Crippen molar-refractivity contribution in [3.63, 3.8) is 0 Å². The molecule has 0 saturated heterocycles. The van der Waals surface area contributed by atoms with E-state index in [1.165, 1.54) is 32.2 Å². The highest BCUT2D eigenvalue weighted by Crippen LogP contribution is 2.39. The first-order valence-electron chi connectivity index (χ1n) is 11.1. The van der Waals surface area contributed by atoms with Crippen LogP contribution in [0.25, 0.3) is 17.1 Å². The van der Waals surface area contributed by atoms with Crippen LogP contribution in [0, 0.1) is 0 Å². The number of nitrogens with one attached hydrogen (secondary N) is 1. The summed E-state index contributed by atoms with van der Waals surface area (Å²) in [6.45, 7) is 0. The number of aromatic nitrogens is 3. The number of halogens is 1. The second-order valence-electron chi connectivity index (χ2n) is 7.49. The average molecular weight is 538 g/mol. The van der Waals surface area contributed by atoms with Gasteiger partial charge in [0.1, 0.15) is 0 Å². The predicted molar refractivity (Wildman–Crippen MR) is 144 cm³/mol. The summed E-state index contributed by atoms with van der Waals surface area (Å²) < 4.78 is 18.0. The van der Waals surface area contributed by atoms with E-state index in [1.807, 2.05) is 47.0 Å². The molecule has 190 valence electrons. The zero-order valence-electron chi connectivity index (χ0n) is 20.3. The molecule has 0 bridgehead atoms. The van der Waals surface area contributed by atoms with Crippen LogP contribution in [0.3, 0.4) is 0 Å². The molecule has 1 N–H and O–H groups in total. The SMILES string of the molecule is COc1ccc(/C=N/NC(=O)CSc2nnc(-c3ccccc3)n2-c2ccc(Cl)cc2)c(OC)c1OC. The molecule has 0 atom stereocenters. The summed E-state index contributed by atoms with van der Waals surface area (Å²) in [5, 5.41) is 14.0. The van der Waals surface area contributed by atoms with E-state index in [-0.39, 0.29) is 11.7 Å². The zero-order valence-corrected chi connectivity index (χ0v) is 21.9. The van der Waals surface area contributed by atoms with Gasteiger partial charge in [0.15, 0.2) is 22.5 Å². The molecule has 11 heteroatoms. The number of carbonyl (C=O) groups excluding carboxylic acids is 1. The molecule has 3 aromatic carbocycles. The van der Waals surface area contributed by atoms with E-state index in [9.17, 15) is 4.79 Å². The third kappa shape index (κ3) is 6.04. The number of benzene rings is 3. The van der Waals surface area contributed by atoms with Gasteiger partial charge in [-0.3, -0.25) is 9.36 Å². The van der Waals surface area contributed by atoms with Gasteiger partial charge in [-0.05, 0) is 36.4 Å². The maximum absolute atomic E-state index is 12.6. The summed E-state index contributed by atoms with van der Waals surface area (Å²) in [7, 11) is 4.58. The zero-order chi connectivity index (χ0) is 26.2. The minimum Gasteiger partial charge on any atom is -0.493 e. The Balaban J connectivity index is 1.49. The third-order valence-corrected chi connectivity index (χ3v) is 6.39. The highest BCUT2D eigenvalue weighted by molar-refractivity contribution is 7.99. The first kappa shape index (κ1) is 26.1. The lowest BCUT2D eigenvalue weighted by Crippen LogP contribution is -2.20. The number of hydrogen-bond acceptors (Lipinski definition) is 8. The van der Waals surface area contributed by atoms with E-state index >= 15 is 0 Å². The highest BCUT2D eigenvalue weighted by atomic mass is 35.5.